The van der Waals surface area contributed by atoms with E-state index >= 15 is 0 Å². The Morgan fingerprint density at radius 1 is 1.38 bits per heavy atom. The Kier molecular flexibility index (Phi) is 4.27. The van der Waals surface area contributed by atoms with Gasteiger partial charge in [-0.05, 0) is 25.0 Å². The van der Waals surface area contributed by atoms with Crippen molar-refractivity contribution < 1.29 is 9.53 Å². The maximum absolute atomic E-state index is 12.2. The minimum Gasteiger partial charge on any atom is -0.371 e. The minimum absolute atomic E-state index is 0.0621. The lowest BCUT2D eigenvalue weighted by molar-refractivity contribution is 0.0946. The number of aromatic nitrogens is 3. The quantitative estimate of drug-likeness (QED) is 0.747. The molecular weight excluding hydrogens is 324 g/mol. The van der Waals surface area contributed by atoms with Crippen molar-refractivity contribution in [3.8, 4) is 0 Å². The van der Waals surface area contributed by atoms with Crippen molar-refractivity contribution in [1.82, 2.24) is 20.3 Å². The van der Waals surface area contributed by atoms with Gasteiger partial charge >= 0.3 is 0 Å². The number of thiazole rings is 1. The fourth-order valence-electron chi connectivity index (χ4n) is 2.82. The van der Waals surface area contributed by atoms with Crippen molar-refractivity contribution in [2.75, 3.05) is 13.2 Å². The lowest BCUT2D eigenvalue weighted by Gasteiger charge is -2.04. The van der Waals surface area contributed by atoms with Crippen LogP contribution in [0.15, 0.2) is 29.6 Å². The number of para-hydroxylation sites is 2. The molecule has 0 spiro atoms. The van der Waals surface area contributed by atoms with Crippen LogP contribution in [0.3, 0.4) is 0 Å². The fraction of sp³-hybridized carbons (Fsp3) is 0.353. The first-order valence-corrected chi connectivity index (χ1v) is 8.96. The zero-order valence-electron chi connectivity index (χ0n) is 13.1. The van der Waals surface area contributed by atoms with Crippen LogP contribution < -0.4 is 5.32 Å². The molecule has 24 heavy (non-hydrogen) atoms. The van der Waals surface area contributed by atoms with Crippen LogP contribution in [0.4, 0.5) is 0 Å². The molecule has 1 atom stereocenters. The second kappa shape index (κ2) is 6.70. The zero-order valence-corrected chi connectivity index (χ0v) is 13.9. The summed E-state index contributed by atoms with van der Waals surface area (Å²) < 4.78 is 5.60. The number of carbonyl (C=O) groups is 1. The molecule has 0 radical (unpaired) electrons. The normalized spacial score (nSPS) is 17.4. The van der Waals surface area contributed by atoms with Crippen LogP contribution >= 0.6 is 11.3 Å². The highest BCUT2D eigenvalue weighted by molar-refractivity contribution is 7.09. The second-order valence-corrected chi connectivity index (χ2v) is 6.67. The Labute approximate surface area is 143 Å². The maximum atomic E-state index is 12.2. The van der Waals surface area contributed by atoms with Gasteiger partial charge in [-0.15, -0.1) is 11.3 Å². The first kappa shape index (κ1) is 15.3. The average Bonchev–Trinajstić information content (AvgIpc) is 3.33. The third kappa shape index (κ3) is 3.18. The number of ether oxygens (including phenoxy) is 1. The molecule has 3 aromatic rings. The minimum atomic E-state index is -0.147. The molecular formula is C17H18N4O2S. The van der Waals surface area contributed by atoms with Gasteiger partial charge in [0.25, 0.3) is 5.91 Å². The van der Waals surface area contributed by atoms with E-state index in [1.807, 2.05) is 24.3 Å². The van der Waals surface area contributed by atoms with E-state index in [-0.39, 0.29) is 12.0 Å². The summed E-state index contributed by atoms with van der Waals surface area (Å²) in [6.07, 6.45) is 2.76. The van der Waals surface area contributed by atoms with E-state index in [9.17, 15) is 4.79 Å². The Morgan fingerprint density at radius 3 is 3.12 bits per heavy atom. The zero-order chi connectivity index (χ0) is 16.4. The molecule has 6 nitrogen and oxygen atoms in total. The number of H-pyrrole nitrogens is 1. The van der Waals surface area contributed by atoms with Gasteiger partial charge in [0.05, 0.1) is 11.0 Å². The molecule has 1 saturated heterocycles. The number of hydrogen-bond acceptors (Lipinski definition) is 5. The van der Waals surface area contributed by atoms with E-state index in [2.05, 4.69) is 20.3 Å². The molecule has 1 amide bonds. The van der Waals surface area contributed by atoms with Crippen LogP contribution in [-0.2, 0) is 11.2 Å². The summed E-state index contributed by atoms with van der Waals surface area (Å²) in [5.41, 5.74) is 2.43. The monoisotopic (exact) mass is 342 g/mol. The Morgan fingerprint density at radius 2 is 2.29 bits per heavy atom. The number of benzene rings is 1. The standard InChI is InChI=1S/C17H18N4O2S/c22-16(13-10-24-17(21-13)14-6-3-9-23-14)18-8-7-15-19-11-4-1-2-5-12(11)20-15/h1-2,4-5,10,14H,3,6-9H2,(H,18,22)(H,19,20). The molecule has 1 aliphatic heterocycles. The SMILES string of the molecule is O=C(NCCc1nc2ccccc2[nH]1)c1csc(C2CCCO2)n1. The van der Waals surface area contributed by atoms with Crippen molar-refractivity contribution in [3.05, 3.63) is 46.2 Å². The van der Waals surface area contributed by atoms with Crippen molar-refractivity contribution in [2.45, 2.75) is 25.4 Å². The topological polar surface area (TPSA) is 79.9 Å². The van der Waals surface area contributed by atoms with Gasteiger partial charge in [0.15, 0.2) is 0 Å². The van der Waals surface area contributed by atoms with Gasteiger partial charge in [-0.3, -0.25) is 4.79 Å². The number of hydrogen-bond donors (Lipinski definition) is 2. The number of nitrogens with zero attached hydrogens (tertiary/aromatic N) is 2. The van der Waals surface area contributed by atoms with Gasteiger partial charge in [0, 0.05) is 25.0 Å². The molecule has 124 valence electrons. The largest absolute Gasteiger partial charge is 0.371 e. The second-order valence-electron chi connectivity index (χ2n) is 5.78. The molecule has 0 bridgehead atoms. The van der Waals surface area contributed by atoms with Crippen LogP contribution in [0.25, 0.3) is 11.0 Å². The molecule has 2 aromatic heterocycles. The van der Waals surface area contributed by atoms with Crippen molar-refractivity contribution in [3.63, 3.8) is 0 Å². The maximum Gasteiger partial charge on any atom is 0.270 e. The number of aromatic amines is 1. The predicted octanol–water partition coefficient (Wildman–Crippen LogP) is 2.84. The summed E-state index contributed by atoms with van der Waals surface area (Å²) >= 11 is 1.49. The third-order valence-corrected chi connectivity index (χ3v) is 4.98. The molecule has 1 fully saturated rings. The number of amides is 1. The number of nitrogens with one attached hydrogen (secondary N) is 2. The number of imidazole rings is 1. The first-order valence-electron chi connectivity index (χ1n) is 8.08. The van der Waals surface area contributed by atoms with Crippen LogP contribution in [0.5, 0.6) is 0 Å². The summed E-state index contributed by atoms with van der Waals surface area (Å²) in [5.74, 6) is 0.724. The van der Waals surface area contributed by atoms with Crippen molar-refractivity contribution in [2.24, 2.45) is 0 Å². The average molecular weight is 342 g/mol. The van der Waals surface area contributed by atoms with E-state index in [1.165, 1.54) is 11.3 Å². The molecule has 4 rings (SSSR count). The first-order chi connectivity index (χ1) is 11.8. The van der Waals surface area contributed by atoms with E-state index in [4.69, 9.17) is 4.74 Å². The van der Waals surface area contributed by atoms with Gasteiger partial charge in [0.1, 0.15) is 22.6 Å². The van der Waals surface area contributed by atoms with Crippen LogP contribution in [0.2, 0.25) is 0 Å². The van der Waals surface area contributed by atoms with Crippen LogP contribution in [-0.4, -0.2) is 34.0 Å². The van der Waals surface area contributed by atoms with Gasteiger partial charge in [-0.1, -0.05) is 12.1 Å². The van der Waals surface area contributed by atoms with Crippen molar-refractivity contribution >= 4 is 28.3 Å². The molecule has 1 aromatic carbocycles. The summed E-state index contributed by atoms with van der Waals surface area (Å²) in [6, 6.07) is 7.89. The molecule has 0 aliphatic carbocycles. The van der Waals surface area contributed by atoms with E-state index < -0.39 is 0 Å². The predicted molar refractivity (Wildman–Crippen MR) is 92.2 cm³/mol. The summed E-state index contributed by atoms with van der Waals surface area (Å²) in [6.45, 7) is 1.30. The summed E-state index contributed by atoms with van der Waals surface area (Å²) in [4.78, 5) is 24.4. The molecule has 7 heteroatoms. The Bertz CT molecular complexity index is 818. The molecule has 0 saturated carbocycles. The number of rotatable bonds is 5. The highest BCUT2D eigenvalue weighted by Gasteiger charge is 2.22. The lowest BCUT2D eigenvalue weighted by Crippen LogP contribution is -2.26. The Balaban J connectivity index is 1.33. The smallest absolute Gasteiger partial charge is 0.270 e. The van der Waals surface area contributed by atoms with E-state index in [1.54, 1.807) is 5.38 Å². The Hall–Kier alpha value is -2.25. The van der Waals surface area contributed by atoms with E-state index in [0.717, 1.165) is 41.3 Å². The highest BCUT2D eigenvalue weighted by Crippen LogP contribution is 2.30. The number of fused-ring (bicyclic) bond motifs is 1. The molecule has 1 unspecified atom stereocenters. The summed E-state index contributed by atoms with van der Waals surface area (Å²) in [7, 11) is 0. The van der Waals surface area contributed by atoms with Gasteiger partial charge in [-0.2, -0.15) is 0 Å². The van der Waals surface area contributed by atoms with E-state index in [0.29, 0.717) is 18.7 Å². The van der Waals surface area contributed by atoms with Crippen molar-refractivity contribution in [1.29, 1.82) is 0 Å². The lowest BCUT2D eigenvalue weighted by atomic mass is 10.2. The highest BCUT2D eigenvalue weighted by atomic mass is 32.1. The number of carbonyl (C=O) groups excluding carboxylic acids is 1. The summed E-state index contributed by atoms with van der Waals surface area (Å²) in [5, 5.41) is 5.60. The van der Waals surface area contributed by atoms with Gasteiger partial charge < -0.3 is 15.0 Å². The molecule has 2 N–H and O–H groups in total. The molecule has 3 heterocycles. The van der Waals surface area contributed by atoms with Crippen LogP contribution in [0, 0.1) is 0 Å². The van der Waals surface area contributed by atoms with Crippen LogP contribution in [0.1, 0.15) is 40.3 Å². The fourth-order valence-corrected chi connectivity index (χ4v) is 3.70. The van der Waals surface area contributed by atoms with Gasteiger partial charge in [-0.25, -0.2) is 9.97 Å². The third-order valence-electron chi connectivity index (χ3n) is 4.05. The van der Waals surface area contributed by atoms with Gasteiger partial charge in [0.2, 0.25) is 0 Å². The molecule has 1 aliphatic rings.